The lowest BCUT2D eigenvalue weighted by atomic mass is 9.78. The van der Waals surface area contributed by atoms with Crippen molar-refractivity contribution >= 4 is 11.6 Å². The smallest absolute Gasteiger partial charge is 0.193 e. The van der Waals surface area contributed by atoms with E-state index in [-0.39, 0.29) is 17.0 Å². The van der Waals surface area contributed by atoms with Crippen molar-refractivity contribution in [2.75, 3.05) is 7.11 Å². The molecule has 0 N–H and O–H groups in total. The van der Waals surface area contributed by atoms with E-state index < -0.39 is 0 Å². The van der Waals surface area contributed by atoms with Crippen LogP contribution in [0.4, 0.5) is 0 Å². The summed E-state index contributed by atoms with van der Waals surface area (Å²) in [4.78, 5) is 26.2. The summed E-state index contributed by atoms with van der Waals surface area (Å²) in [6, 6.07) is 61.0. The second-order valence-corrected chi connectivity index (χ2v) is 15.3. The zero-order valence-electron chi connectivity index (χ0n) is 34.4. The third kappa shape index (κ3) is 9.46. The number of carbonyl (C=O) groups is 2. The molecule has 6 heteroatoms. The highest BCUT2D eigenvalue weighted by Crippen LogP contribution is 2.35. The van der Waals surface area contributed by atoms with Crippen LogP contribution in [0.3, 0.4) is 0 Å². The van der Waals surface area contributed by atoms with E-state index in [2.05, 4.69) is 38.1 Å². The lowest BCUT2D eigenvalue weighted by Crippen LogP contribution is -2.18. The zero-order valence-corrected chi connectivity index (χ0v) is 34.4. The molecule has 0 amide bonds. The molecule has 0 aliphatic heterocycles. The lowest BCUT2D eigenvalue weighted by molar-refractivity contribution is 0.103. The van der Waals surface area contributed by atoms with Gasteiger partial charge in [-0.25, -0.2) is 0 Å². The molecule has 0 atom stereocenters. The number of ether oxygens (including phenoxy) is 4. The second kappa shape index (κ2) is 17.7. The summed E-state index contributed by atoms with van der Waals surface area (Å²) in [7, 11) is 1.67. The van der Waals surface area contributed by atoms with Crippen LogP contribution in [0.15, 0.2) is 194 Å². The molecule has 8 rings (SSSR count). The van der Waals surface area contributed by atoms with Gasteiger partial charge in [0.25, 0.3) is 0 Å². The molecule has 0 heterocycles. The fraction of sp³-hybridized carbons (Fsp3) is 0.0909. The van der Waals surface area contributed by atoms with Crippen LogP contribution >= 0.6 is 0 Å². The summed E-state index contributed by atoms with van der Waals surface area (Å²) in [5.74, 6) is 4.73. The molecular weight excluding hydrogens is 757 g/mol. The number of rotatable bonds is 14. The van der Waals surface area contributed by atoms with Gasteiger partial charge < -0.3 is 18.9 Å². The Labute approximate surface area is 356 Å². The normalized spacial score (nSPS) is 11.1. The third-order valence-corrected chi connectivity index (χ3v) is 10.8. The summed E-state index contributed by atoms with van der Waals surface area (Å²) >= 11 is 0. The predicted molar refractivity (Wildman–Crippen MR) is 241 cm³/mol. The SMILES string of the molecule is COc1ccc(C(C)(C)c2ccc(Oc3ccc(C(=O)c4ccc(Oc5ccc(-c6ccc(Oc7ccc(C(=O)c8ccc(C)cc8)cc7)cc6)cc5)cc4)cc3)cc2)cc1. The first kappa shape index (κ1) is 40.1. The van der Waals surface area contributed by atoms with Gasteiger partial charge in [0.15, 0.2) is 11.6 Å². The summed E-state index contributed by atoms with van der Waals surface area (Å²) in [6.07, 6.45) is 0. The molecule has 0 bridgehead atoms. The Balaban J connectivity index is 0.822. The molecule has 0 fully saturated rings. The van der Waals surface area contributed by atoms with Crippen molar-refractivity contribution in [1.29, 1.82) is 0 Å². The third-order valence-electron chi connectivity index (χ3n) is 10.8. The van der Waals surface area contributed by atoms with E-state index in [1.807, 2.05) is 128 Å². The lowest BCUT2D eigenvalue weighted by Gasteiger charge is -2.26. The van der Waals surface area contributed by atoms with E-state index in [9.17, 15) is 9.59 Å². The van der Waals surface area contributed by atoms with Crippen molar-refractivity contribution in [1.82, 2.24) is 0 Å². The molecule has 0 aromatic heterocycles. The molecule has 6 nitrogen and oxygen atoms in total. The van der Waals surface area contributed by atoms with Crippen LogP contribution in [0.1, 0.15) is 62.4 Å². The maximum absolute atomic E-state index is 13.3. The first-order valence-electron chi connectivity index (χ1n) is 20.1. The minimum Gasteiger partial charge on any atom is -0.497 e. The fourth-order valence-electron chi connectivity index (χ4n) is 7.01. The Morgan fingerprint density at radius 3 is 0.885 bits per heavy atom. The number of ketones is 2. The van der Waals surface area contributed by atoms with E-state index in [1.54, 1.807) is 55.6 Å². The average molecular weight is 801 g/mol. The zero-order chi connectivity index (χ0) is 42.3. The molecule has 0 saturated carbocycles. The maximum Gasteiger partial charge on any atom is 0.193 e. The van der Waals surface area contributed by atoms with Gasteiger partial charge in [-0.2, -0.15) is 0 Å². The molecule has 0 unspecified atom stereocenters. The Morgan fingerprint density at radius 1 is 0.344 bits per heavy atom. The Bertz CT molecular complexity index is 2730. The monoisotopic (exact) mass is 800 g/mol. The first-order valence-corrected chi connectivity index (χ1v) is 20.1. The minimum absolute atomic E-state index is 0.0207. The second-order valence-electron chi connectivity index (χ2n) is 15.3. The van der Waals surface area contributed by atoms with Crippen molar-refractivity contribution in [3.8, 4) is 51.4 Å². The van der Waals surface area contributed by atoms with Crippen LogP contribution in [0, 0.1) is 6.92 Å². The molecule has 0 saturated heterocycles. The van der Waals surface area contributed by atoms with Gasteiger partial charge in [0.05, 0.1) is 7.11 Å². The van der Waals surface area contributed by atoms with E-state index in [0.717, 1.165) is 22.4 Å². The van der Waals surface area contributed by atoms with Crippen LogP contribution in [0.25, 0.3) is 11.1 Å². The molecule has 0 aliphatic carbocycles. The average Bonchev–Trinajstić information content (AvgIpc) is 3.30. The summed E-state index contributed by atoms with van der Waals surface area (Å²) in [6.45, 7) is 6.39. The molecule has 61 heavy (non-hydrogen) atoms. The van der Waals surface area contributed by atoms with E-state index in [0.29, 0.717) is 56.8 Å². The van der Waals surface area contributed by atoms with E-state index >= 15 is 0 Å². The Morgan fingerprint density at radius 2 is 0.590 bits per heavy atom. The van der Waals surface area contributed by atoms with Gasteiger partial charge in [-0.3, -0.25) is 9.59 Å². The van der Waals surface area contributed by atoms with Crippen LogP contribution in [-0.4, -0.2) is 18.7 Å². The van der Waals surface area contributed by atoms with Crippen LogP contribution < -0.4 is 18.9 Å². The molecule has 300 valence electrons. The quantitative estimate of drug-likeness (QED) is 0.102. The summed E-state index contributed by atoms with van der Waals surface area (Å²) in [5, 5.41) is 0. The molecule has 0 aliphatic rings. The Kier molecular flexibility index (Phi) is 11.6. The van der Waals surface area contributed by atoms with Gasteiger partial charge in [0.1, 0.15) is 40.2 Å². The number of methoxy groups -OCH3 is 1. The van der Waals surface area contributed by atoms with Gasteiger partial charge in [-0.15, -0.1) is 0 Å². The van der Waals surface area contributed by atoms with Gasteiger partial charge in [0.2, 0.25) is 0 Å². The first-order chi connectivity index (χ1) is 29.6. The molecule has 8 aromatic rings. The van der Waals surface area contributed by atoms with Crippen molar-refractivity contribution in [3.05, 3.63) is 233 Å². The van der Waals surface area contributed by atoms with Gasteiger partial charge in [-0.1, -0.05) is 92.2 Å². The molecule has 8 aromatic carbocycles. The number of carbonyl (C=O) groups excluding carboxylic acids is 2. The number of hydrogen-bond acceptors (Lipinski definition) is 6. The predicted octanol–water partition coefficient (Wildman–Crippen LogP) is 13.8. The van der Waals surface area contributed by atoms with Crippen molar-refractivity contribution in [3.63, 3.8) is 0 Å². The van der Waals surface area contributed by atoms with Crippen LogP contribution in [0.2, 0.25) is 0 Å². The van der Waals surface area contributed by atoms with Crippen LogP contribution in [0.5, 0.6) is 40.2 Å². The highest BCUT2D eigenvalue weighted by Gasteiger charge is 2.23. The molecule has 0 radical (unpaired) electrons. The number of aryl methyl sites for hydroxylation is 1. The number of hydrogen-bond donors (Lipinski definition) is 0. The van der Waals surface area contributed by atoms with Gasteiger partial charge in [0, 0.05) is 27.7 Å². The van der Waals surface area contributed by atoms with Gasteiger partial charge in [-0.05, 0) is 151 Å². The Hall–Kier alpha value is -7.70. The van der Waals surface area contributed by atoms with Gasteiger partial charge >= 0.3 is 0 Å². The summed E-state index contributed by atoms with van der Waals surface area (Å²) in [5.41, 5.74) is 7.73. The topological polar surface area (TPSA) is 71.1 Å². The highest BCUT2D eigenvalue weighted by molar-refractivity contribution is 6.09. The van der Waals surface area contributed by atoms with Crippen LogP contribution in [-0.2, 0) is 5.41 Å². The molecular formula is C55H44O6. The van der Waals surface area contributed by atoms with Crippen molar-refractivity contribution in [2.24, 2.45) is 0 Å². The molecule has 0 spiro atoms. The van der Waals surface area contributed by atoms with E-state index in [1.165, 1.54) is 11.1 Å². The minimum atomic E-state index is -0.194. The fourth-order valence-corrected chi connectivity index (χ4v) is 7.01. The van der Waals surface area contributed by atoms with E-state index in [4.69, 9.17) is 18.9 Å². The standard InChI is InChI=1S/C55H44O6/c1-37-5-7-40(8-6-37)53(56)41-13-27-49(28-14-41)59-47-23-9-38(10-24-47)39-11-25-48(26-12-39)60-50-29-15-42(16-30-50)54(57)43-17-31-51(32-18-43)61-52-35-21-45(22-36-52)55(2,3)44-19-33-46(58-4)34-20-44/h5-36H,1-4H3. The maximum atomic E-state index is 13.3. The largest absolute Gasteiger partial charge is 0.497 e. The number of benzene rings is 8. The van der Waals surface area contributed by atoms with Crippen molar-refractivity contribution < 1.29 is 28.5 Å². The summed E-state index contributed by atoms with van der Waals surface area (Å²) < 4.78 is 23.6. The highest BCUT2D eigenvalue weighted by atomic mass is 16.5. The van der Waals surface area contributed by atoms with Crippen molar-refractivity contribution in [2.45, 2.75) is 26.2 Å².